The van der Waals surface area contributed by atoms with Crippen LogP contribution in [0.25, 0.3) is 11.3 Å². The van der Waals surface area contributed by atoms with E-state index in [1.165, 1.54) is 5.56 Å². The van der Waals surface area contributed by atoms with Crippen LogP contribution in [0, 0.1) is 0 Å². The summed E-state index contributed by atoms with van der Waals surface area (Å²) in [6.07, 6.45) is 5.30. The fourth-order valence-electron chi connectivity index (χ4n) is 2.62. The van der Waals surface area contributed by atoms with Crippen molar-refractivity contribution in [2.45, 2.75) is 32.7 Å². The molecule has 1 amide bonds. The lowest BCUT2D eigenvalue weighted by Gasteiger charge is -2.19. The molecule has 0 saturated heterocycles. The predicted molar refractivity (Wildman–Crippen MR) is 104 cm³/mol. The van der Waals surface area contributed by atoms with E-state index in [2.05, 4.69) is 36.1 Å². The highest BCUT2D eigenvalue weighted by atomic mass is 16.1. The lowest BCUT2D eigenvalue weighted by molar-refractivity contribution is 0.0951. The first-order valence-corrected chi connectivity index (χ1v) is 8.67. The average molecular weight is 345 g/mol. The van der Waals surface area contributed by atoms with Crippen molar-refractivity contribution in [3.63, 3.8) is 0 Å². The summed E-state index contributed by atoms with van der Waals surface area (Å²) in [7, 11) is 0. The van der Waals surface area contributed by atoms with Crippen LogP contribution in [0.3, 0.4) is 0 Å². The monoisotopic (exact) mass is 345 g/mol. The molecule has 0 fully saturated rings. The van der Waals surface area contributed by atoms with Gasteiger partial charge in [0.05, 0.1) is 5.69 Å². The lowest BCUT2D eigenvalue weighted by Crippen LogP contribution is -2.23. The molecule has 3 rings (SSSR count). The molecule has 132 valence electrons. The normalized spacial score (nSPS) is 11.2. The zero-order valence-electron chi connectivity index (χ0n) is 15.4. The number of hydrogen-bond acceptors (Lipinski definition) is 3. The van der Waals surface area contributed by atoms with Crippen molar-refractivity contribution in [1.29, 1.82) is 0 Å². The largest absolute Gasteiger partial charge is 0.348 e. The first-order valence-electron chi connectivity index (χ1n) is 8.67. The van der Waals surface area contributed by atoms with Crippen LogP contribution in [0.2, 0.25) is 0 Å². The van der Waals surface area contributed by atoms with E-state index >= 15 is 0 Å². The van der Waals surface area contributed by atoms with Gasteiger partial charge in [-0.25, -0.2) is 0 Å². The molecule has 0 unspecified atom stereocenters. The van der Waals surface area contributed by atoms with E-state index in [-0.39, 0.29) is 11.3 Å². The molecular formula is C22H23N3O. The number of benzene rings is 1. The number of carbonyl (C=O) groups is 1. The third-order valence-corrected chi connectivity index (χ3v) is 4.25. The molecule has 1 aromatic carbocycles. The molecule has 3 aromatic rings. The molecule has 0 radical (unpaired) electrons. The number of aromatic nitrogens is 2. The summed E-state index contributed by atoms with van der Waals surface area (Å²) in [5.41, 5.74) is 4.75. The molecule has 2 aromatic heterocycles. The first-order chi connectivity index (χ1) is 12.4. The second-order valence-corrected chi connectivity index (χ2v) is 7.30. The van der Waals surface area contributed by atoms with Crippen LogP contribution in [0.4, 0.5) is 0 Å². The molecular weight excluding hydrogens is 322 g/mol. The zero-order valence-corrected chi connectivity index (χ0v) is 15.4. The summed E-state index contributed by atoms with van der Waals surface area (Å²) in [6.45, 7) is 6.92. The second-order valence-electron chi connectivity index (χ2n) is 7.30. The summed E-state index contributed by atoms with van der Waals surface area (Å²) >= 11 is 0. The van der Waals surface area contributed by atoms with Gasteiger partial charge >= 0.3 is 0 Å². The summed E-state index contributed by atoms with van der Waals surface area (Å²) < 4.78 is 0. The minimum atomic E-state index is -0.0817. The van der Waals surface area contributed by atoms with Crippen LogP contribution >= 0.6 is 0 Å². The average Bonchev–Trinajstić information content (AvgIpc) is 2.66. The highest BCUT2D eigenvalue weighted by Gasteiger charge is 2.14. The molecule has 0 aliphatic heterocycles. The number of amides is 1. The minimum absolute atomic E-state index is 0.0801. The van der Waals surface area contributed by atoms with Gasteiger partial charge in [0.2, 0.25) is 0 Å². The molecule has 4 heteroatoms. The first kappa shape index (κ1) is 17.8. The van der Waals surface area contributed by atoms with Gasteiger partial charge in [0, 0.05) is 36.3 Å². The van der Waals surface area contributed by atoms with E-state index in [0.29, 0.717) is 12.1 Å². The maximum absolute atomic E-state index is 12.3. The Morgan fingerprint density at radius 3 is 2.35 bits per heavy atom. The Hall–Kier alpha value is -3.01. The molecule has 0 atom stereocenters. The molecule has 0 aliphatic rings. The molecule has 26 heavy (non-hydrogen) atoms. The van der Waals surface area contributed by atoms with Gasteiger partial charge in [0.15, 0.2) is 0 Å². The number of carbonyl (C=O) groups excluding carboxylic acids is 1. The van der Waals surface area contributed by atoms with Crippen molar-refractivity contribution >= 4 is 5.91 Å². The van der Waals surface area contributed by atoms with Crippen molar-refractivity contribution in [2.24, 2.45) is 0 Å². The van der Waals surface area contributed by atoms with Crippen LogP contribution in [0.1, 0.15) is 42.3 Å². The number of nitrogens with zero attached hydrogens (tertiary/aromatic N) is 2. The maximum Gasteiger partial charge on any atom is 0.251 e. The Labute approximate surface area is 154 Å². The van der Waals surface area contributed by atoms with E-state index in [0.717, 1.165) is 16.8 Å². The predicted octanol–water partition coefficient (Wildman–Crippen LogP) is 4.37. The van der Waals surface area contributed by atoms with Gasteiger partial charge in [-0.3, -0.25) is 14.8 Å². The van der Waals surface area contributed by atoms with Crippen molar-refractivity contribution in [1.82, 2.24) is 15.3 Å². The van der Waals surface area contributed by atoms with Crippen molar-refractivity contribution in [2.75, 3.05) is 0 Å². The number of rotatable bonds is 4. The van der Waals surface area contributed by atoms with Gasteiger partial charge in [-0.15, -0.1) is 0 Å². The quantitative estimate of drug-likeness (QED) is 0.764. The summed E-state index contributed by atoms with van der Waals surface area (Å²) in [5, 5.41) is 2.94. The Bertz CT molecular complexity index is 864. The number of nitrogens with one attached hydrogen (secondary N) is 1. The SMILES string of the molecule is CC(C)(C)c1ccc(C(=O)NCc2ccc(-c3cccnc3)nc2)cc1. The van der Waals surface area contributed by atoms with E-state index in [1.807, 2.05) is 48.5 Å². The van der Waals surface area contributed by atoms with Crippen molar-refractivity contribution < 1.29 is 4.79 Å². The third kappa shape index (κ3) is 4.33. The van der Waals surface area contributed by atoms with Crippen LogP contribution in [-0.2, 0) is 12.0 Å². The lowest BCUT2D eigenvalue weighted by atomic mass is 9.87. The molecule has 0 spiro atoms. The highest BCUT2D eigenvalue weighted by Crippen LogP contribution is 2.22. The topological polar surface area (TPSA) is 54.9 Å². The smallest absolute Gasteiger partial charge is 0.251 e. The summed E-state index contributed by atoms with van der Waals surface area (Å²) in [5.74, 6) is -0.0817. The molecule has 4 nitrogen and oxygen atoms in total. The molecule has 1 N–H and O–H groups in total. The second kappa shape index (κ2) is 7.48. The van der Waals surface area contributed by atoms with E-state index in [9.17, 15) is 4.79 Å². The van der Waals surface area contributed by atoms with Gasteiger partial charge in [-0.05, 0) is 46.9 Å². The van der Waals surface area contributed by atoms with Gasteiger partial charge in [-0.1, -0.05) is 39.0 Å². The standard InChI is InChI=1S/C22H23N3O/c1-22(2,3)19-9-7-17(8-10-19)21(26)25-14-16-6-11-20(24-13-16)18-5-4-12-23-15-18/h4-13,15H,14H2,1-3H3,(H,25,26). The maximum atomic E-state index is 12.3. The van der Waals surface area contributed by atoms with Gasteiger partial charge in [0.1, 0.15) is 0 Å². The Balaban J connectivity index is 1.61. The van der Waals surface area contributed by atoms with Gasteiger partial charge in [-0.2, -0.15) is 0 Å². The van der Waals surface area contributed by atoms with Crippen LogP contribution in [0.5, 0.6) is 0 Å². The molecule has 0 saturated carbocycles. The highest BCUT2D eigenvalue weighted by molar-refractivity contribution is 5.94. The molecule has 0 bridgehead atoms. The molecule has 2 heterocycles. The summed E-state index contributed by atoms with van der Waals surface area (Å²) in [4.78, 5) is 20.9. The van der Waals surface area contributed by atoms with Crippen LogP contribution in [-0.4, -0.2) is 15.9 Å². The van der Waals surface area contributed by atoms with Gasteiger partial charge in [0.25, 0.3) is 5.91 Å². The fourth-order valence-corrected chi connectivity index (χ4v) is 2.62. The summed E-state index contributed by atoms with van der Waals surface area (Å²) in [6, 6.07) is 15.5. The van der Waals surface area contributed by atoms with Crippen molar-refractivity contribution in [3.05, 3.63) is 83.8 Å². The number of pyridine rings is 2. The Morgan fingerprint density at radius 2 is 1.77 bits per heavy atom. The Kier molecular flexibility index (Phi) is 5.12. The van der Waals surface area contributed by atoms with Crippen LogP contribution in [0.15, 0.2) is 67.1 Å². The minimum Gasteiger partial charge on any atom is -0.348 e. The third-order valence-electron chi connectivity index (χ3n) is 4.25. The fraction of sp³-hybridized carbons (Fsp3) is 0.227. The van der Waals surface area contributed by atoms with Gasteiger partial charge < -0.3 is 5.32 Å². The van der Waals surface area contributed by atoms with E-state index in [4.69, 9.17) is 0 Å². The van der Waals surface area contributed by atoms with Crippen molar-refractivity contribution in [3.8, 4) is 11.3 Å². The Morgan fingerprint density at radius 1 is 1.00 bits per heavy atom. The van der Waals surface area contributed by atoms with E-state index in [1.54, 1.807) is 18.6 Å². The van der Waals surface area contributed by atoms with E-state index < -0.39 is 0 Å². The zero-order chi connectivity index (χ0) is 18.6. The van der Waals surface area contributed by atoms with Crippen LogP contribution < -0.4 is 5.32 Å². The number of hydrogen-bond donors (Lipinski definition) is 1. The molecule has 0 aliphatic carbocycles.